The molecule has 4 heteroatoms. The number of carbonyl (C=O) groups is 1. The van der Waals surface area contributed by atoms with Gasteiger partial charge in [-0.25, -0.2) is 4.98 Å². The van der Waals surface area contributed by atoms with Gasteiger partial charge < -0.3 is 9.88 Å². The van der Waals surface area contributed by atoms with Crippen molar-refractivity contribution in [3.63, 3.8) is 0 Å². The normalized spacial score (nSPS) is 11.6. The van der Waals surface area contributed by atoms with Gasteiger partial charge in [-0.2, -0.15) is 0 Å². The summed E-state index contributed by atoms with van der Waals surface area (Å²) in [7, 11) is 0. The summed E-state index contributed by atoms with van der Waals surface area (Å²) in [4.78, 5) is 17.0. The number of imidazole rings is 1. The van der Waals surface area contributed by atoms with Crippen LogP contribution in [0.1, 0.15) is 57.3 Å². The van der Waals surface area contributed by atoms with Crippen molar-refractivity contribution in [2.75, 3.05) is 6.54 Å². The lowest BCUT2D eigenvalue weighted by molar-refractivity contribution is -0.125. The van der Waals surface area contributed by atoms with Gasteiger partial charge in [-0.05, 0) is 43.4 Å². The minimum atomic E-state index is 0.156. The highest BCUT2D eigenvalue weighted by Gasteiger charge is 2.13. The molecule has 0 saturated carbocycles. The zero-order valence-electron chi connectivity index (χ0n) is 18.9. The van der Waals surface area contributed by atoms with E-state index in [0.29, 0.717) is 0 Å². The summed E-state index contributed by atoms with van der Waals surface area (Å²) in [5, 5.41) is 3.09. The maximum absolute atomic E-state index is 12.1. The lowest BCUT2D eigenvalue weighted by Crippen LogP contribution is -2.30. The predicted molar refractivity (Wildman–Crippen MR) is 130 cm³/mol. The van der Waals surface area contributed by atoms with Crippen LogP contribution in [0, 0.1) is 5.92 Å². The first-order chi connectivity index (χ1) is 15.2. The number of fused-ring (bicyclic) bond motifs is 1. The summed E-state index contributed by atoms with van der Waals surface area (Å²) in [6, 6.07) is 18.8. The van der Waals surface area contributed by atoms with Crippen LogP contribution in [0.5, 0.6) is 0 Å². The van der Waals surface area contributed by atoms with Crippen LogP contribution < -0.4 is 5.32 Å². The SMILES string of the molecule is CCC(CC)C(=O)NCCCCCc1nc2ccccc2n1C/C=C/c1ccccc1. The summed E-state index contributed by atoms with van der Waals surface area (Å²) in [6.45, 7) is 5.74. The van der Waals surface area contributed by atoms with E-state index in [0.717, 1.165) is 63.0 Å². The summed E-state index contributed by atoms with van der Waals surface area (Å²) in [6.07, 6.45) is 10.3. The molecule has 3 rings (SSSR count). The molecule has 31 heavy (non-hydrogen) atoms. The minimum Gasteiger partial charge on any atom is -0.356 e. The molecule has 0 bridgehead atoms. The number of benzene rings is 2. The number of para-hydroxylation sites is 2. The molecule has 1 heterocycles. The van der Waals surface area contributed by atoms with E-state index in [1.807, 2.05) is 12.1 Å². The molecule has 0 saturated heterocycles. The van der Waals surface area contributed by atoms with Crippen molar-refractivity contribution in [2.24, 2.45) is 5.92 Å². The Hall–Kier alpha value is -2.88. The number of carbonyl (C=O) groups excluding carboxylic acids is 1. The Kier molecular flexibility index (Phi) is 8.89. The van der Waals surface area contributed by atoms with E-state index in [4.69, 9.17) is 4.98 Å². The molecule has 0 atom stereocenters. The maximum atomic E-state index is 12.1. The second-order valence-electron chi connectivity index (χ2n) is 8.06. The van der Waals surface area contributed by atoms with Crippen LogP contribution in [0.4, 0.5) is 0 Å². The number of nitrogens with zero attached hydrogens (tertiary/aromatic N) is 2. The van der Waals surface area contributed by atoms with Crippen molar-refractivity contribution in [1.29, 1.82) is 0 Å². The fraction of sp³-hybridized carbons (Fsp3) is 0.407. The van der Waals surface area contributed by atoms with Crippen LogP contribution in [0.15, 0.2) is 60.7 Å². The van der Waals surface area contributed by atoms with Crippen LogP contribution in [0.25, 0.3) is 17.1 Å². The molecule has 164 valence electrons. The van der Waals surface area contributed by atoms with Gasteiger partial charge in [0.05, 0.1) is 11.0 Å². The van der Waals surface area contributed by atoms with E-state index in [-0.39, 0.29) is 11.8 Å². The van der Waals surface area contributed by atoms with Crippen molar-refractivity contribution in [1.82, 2.24) is 14.9 Å². The number of aryl methyl sites for hydroxylation is 1. The highest BCUT2D eigenvalue weighted by atomic mass is 16.1. The minimum absolute atomic E-state index is 0.156. The Morgan fingerprint density at radius 3 is 2.52 bits per heavy atom. The summed E-state index contributed by atoms with van der Waals surface area (Å²) >= 11 is 0. The second kappa shape index (κ2) is 12.1. The van der Waals surface area contributed by atoms with Gasteiger partial charge >= 0.3 is 0 Å². The molecule has 1 N–H and O–H groups in total. The molecule has 4 nitrogen and oxygen atoms in total. The van der Waals surface area contributed by atoms with Gasteiger partial charge in [-0.1, -0.05) is 74.9 Å². The number of rotatable bonds is 12. The first kappa shape index (κ1) is 22.8. The second-order valence-corrected chi connectivity index (χ2v) is 8.06. The van der Waals surface area contributed by atoms with Crippen molar-refractivity contribution in [3.8, 4) is 0 Å². The molecule has 1 aromatic heterocycles. The van der Waals surface area contributed by atoms with Crippen LogP contribution in [0.2, 0.25) is 0 Å². The number of hydrogen-bond donors (Lipinski definition) is 1. The Labute approximate surface area is 186 Å². The Balaban J connectivity index is 1.53. The van der Waals surface area contributed by atoms with Gasteiger partial charge in [0.15, 0.2) is 0 Å². The van der Waals surface area contributed by atoms with E-state index in [1.165, 1.54) is 11.1 Å². The third-order valence-corrected chi connectivity index (χ3v) is 5.86. The molecule has 1 amide bonds. The molecule has 0 aliphatic heterocycles. The maximum Gasteiger partial charge on any atom is 0.223 e. The zero-order valence-corrected chi connectivity index (χ0v) is 18.9. The van der Waals surface area contributed by atoms with Crippen LogP contribution in [0.3, 0.4) is 0 Å². The fourth-order valence-corrected chi connectivity index (χ4v) is 3.98. The van der Waals surface area contributed by atoms with Crippen LogP contribution in [-0.4, -0.2) is 22.0 Å². The number of nitrogens with one attached hydrogen (secondary N) is 1. The van der Waals surface area contributed by atoms with Crippen molar-refractivity contribution in [3.05, 3.63) is 72.1 Å². The highest BCUT2D eigenvalue weighted by molar-refractivity contribution is 5.78. The predicted octanol–water partition coefficient (Wildman–Crippen LogP) is 6.01. The first-order valence-corrected chi connectivity index (χ1v) is 11.7. The number of amides is 1. The van der Waals surface area contributed by atoms with Crippen molar-refractivity contribution >= 4 is 23.0 Å². The molecular formula is C27H35N3O. The smallest absolute Gasteiger partial charge is 0.223 e. The first-order valence-electron chi connectivity index (χ1n) is 11.7. The average Bonchev–Trinajstić information content (AvgIpc) is 3.15. The molecule has 3 aromatic rings. The number of allylic oxidation sites excluding steroid dienone is 1. The monoisotopic (exact) mass is 417 g/mol. The van der Waals surface area contributed by atoms with E-state index in [1.54, 1.807) is 0 Å². The van der Waals surface area contributed by atoms with E-state index >= 15 is 0 Å². The van der Waals surface area contributed by atoms with Crippen molar-refractivity contribution in [2.45, 2.75) is 58.9 Å². The average molecular weight is 418 g/mol. The third kappa shape index (κ3) is 6.55. The summed E-state index contributed by atoms with van der Waals surface area (Å²) < 4.78 is 2.32. The lowest BCUT2D eigenvalue weighted by atomic mass is 10.0. The fourth-order valence-electron chi connectivity index (χ4n) is 3.98. The van der Waals surface area contributed by atoms with E-state index in [2.05, 4.69) is 78.3 Å². The van der Waals surface area contributed by atoms with Gasteiger partial charge in [0.2, 0.25) is 5.91 Å². The number of aromatic nitrogens is 2. The van der Waals surface area contributed by atoms with E-state index < -0.39 is 0 Å². The Morgan fingerprint density at radius 2 is 1.74 bits per heavy atom. The van der Waals surface area contributed by atoms with Crippen LogP contribution >= 0.6 is 0 Å². The lowest BCUT2D eigenvalue weighted by Gasteiger charge is -2.12. The third-order valence-electron chi connectivity index (χ3n) is 5.86. The molecule has 2 aromatic carbocycles. The highest BCUT2D eigenvalue weighted by Crippen LogP contribution is 2.18. The largest absolute Gasteiger partial charge is 0.356 e. The van der Waals surface area contributed by atoms with Gasteiger partial charge in [-0.15, -0.1) is 0 Å². The van der Waals surface area contributed by atoms with Gasteiger partial charge in [-0.3, -0.25) is 4.79 Å². The standard InChI is InChI=1S/C27H35N3O/c1-3-23(4-2)27(31)28-20-12-6-9-19-26-29-24-17-10-11-18-25(24)30(26)21-13-16-22-14-7-5-8-15-22/h5,7-8,10-11,13-18,23H,3-4,6,9,12,19-21H2,1-2H3,(H,28,31)/b16-13+. The molecule has 0 aliphatic rings. The van der Waals surface area contributed by atoms with Crippen molar-refractivity contribution < 1.29 is 4.79 Å². The number of unbranched alkanes of at least 4 members (excludes halogenated alkanes) is 2. The molecule has 0 fully saturated rings. The van der Waals surface area contributed by atoms with Gasteiger partial charge in [0, 0.05) is 25.4 Å². The zero-order chi connectivity index (χ0) is 21.9. The Bertz CT molecular complexity index is 971. The molecule has 0 spiro atoms. The topological polar surface area (TPSA) is 46.9 Å². The quantitative estimate of drug-likeness (QED) is 0.367. The Morgan fingerprint density at radius 1 is 1.00 bits per heavy atom. The molecule has 0 unspecified atom stereocenters. The van der Waals surface area contributed by atoms with Crippen LogP contribution in [-0.2, 0) is 17.8 Å². The number of hydrogen-bond acceptors (Lipinski definition) is 2. The molecule has 0 aliphatic carbocycles. The van der Waals surface area contributed by atoms with Gasteiger partial charge in [0.25, 0.3) is 0 Å². The summed E-state index contributed by atoms with van der Waals surface area (Å²) in [5.41, 5.74) is 3.46. The van der Waals surface area contributed by atoms with Gasteiger partial charge in [0.1, 0.15) is 5.82 Å². The summed E-state index contributed by atoms with van der Waals surface area (Å²) in [5.74, 6) is 1.50. The molecular weight excluding hydrogens is 382 g/mol. The molecule has 0 radical (unpaired) electrons. The van der Waals surface area contributed by atoms with E-state index in [9.17, 15) is 4.79 Å².